The van der Waals surface area contributed by atoms with Crippen molar-refractivity contribution in [3.05, 3.63) is 0 Å². The molecule has 0 bridgehead atoms. The van der Waals surface area contributed by atoms with Crippen LogP contribution in [0.4, 0.5) is 0 Å². The fourth-order valence-electron chi connectivity index (χ4n) is 2.06. The second-order valence-electron chi connectivity index (χ2n) is 4.11. The van der Waals surface area contributed by atoms with E-state index in [0.717, 1.165) is 19.4 Å². The zero-order chi connectivity index (χ0) is 10.8. The van der Waals surface area contributed by atoms with Crippen LogP contribution in [0, 0.1) is 0 Å². The van der Waals surface area contributed by atoms with Crippen molar-refractivity contribution in [2.24, 2.45) is 0 Å². The van der Waals surface area contributed by atoms with Crippen LogP contribution >= 0.6 is 0 Å². The van der Waals surface area contributed by atoms with Gasteiger partial charge in [-0.15, -0.1) is 0 Å². The van der Waals surface area contributed by atoms with Crippen LogP contribution in [0.2, 0.25) is 0 Å². The number of ether oxygens (including phenoxy) is 1. The number of hydrogen-bond donors (Lipinski definition) is 1. The van der Waals surface area contributed by atoms with E-state index in [0.29, 0.717) is 6.04 Å². The molecule has 0 saturated carbocycles. The topological polar surface area (TPSA) is 41.6 Å². The van der Waals surface area contributed by atoms with Crippen LogP contribution in [-0.2, 0) is 9.53 Å². The molecule has 0 aromatic rings. The van der Waals surface area contributed by atoms with Crippen LogP contribution < -0.4 is 5.32 Å². The highest BCUT2D eigenvalue weighted by atomic mass is 16.5. The third-order valence-electron chi connectivity index (χ3n) is 3.34. The van der Waals surface area contributed by atoms with E-state index >= 15 is 0 Å². The maximum absolute atomic E-state index is 11.7. The van der Waals surface area contributed by atoms with Crippen molar-refractivity contribution in [2.45, 2.75) is 31.3 Å². The maximum Gasteiger partial charge on any atom is 0.326 e. The third-order valence-corrected chi connectivity index (χ3v) is 3.34. The van der Waals surface area contributed by atoms with Gasteiger partial charge in [0, 0.05) is 12.6 Å². The van der Waals surface area contributed by atoms with E-state index in [1.807, 2.05) is 7.05 Å². The van der Waals surface area contributed by atoms with Crippen molar-refractivity contribution in [3.8, 4) is 0 Å². The molecule has 1 aliphatic rings. The minimum Gasteiger partial charge on any atom is -0.468 e. The molecule has 1 saturated heterocycles. The van der Waals surface area contributed by atoms with Crippen LogP contribution in [0.5, 0.6) is 0 Å². The van der Waals surface area contributed by atoms with E-state index in [1.54, 1.807) is 0 Å². The number of carbonyl (C=O) groups is 1. The van der Waals surface area contributed by atoms with E-state index in [4.69, 9.17) is 4.74 Å². The summed E-state index contributed by atoms with van der Waals surface area (Å²) in [6.45, 7) is 3.06. The molecule has 14 heavy (non-hydrogen) atoms. The maximum atomic E-state index is 11.7. The Hall–Kier alpha value is -0.610. The summed E-state index contributed by atoms with van der Waals surface area (Å²) in [4.78, 5) is 13.9. The van der Waals surface area contributed by atoms with Crippen LogP contribution in [0.3, 0.4) is 0 Å². The number of likely N-dealkylation sites (N-methyl/N-ethyl adjacent to an activating group) is 1. The van der Waals surface area contributed by atoms with Gasteiger partial charge in [-0.1, -0.05) is 0 Å². The van der Waals surface area contributed by atoms with Gasteiger partial charge in [0.1, 0.15) is 5.54 Å². The number of nitrogens with one attached hydrogen (secondary N) is 1. The quantitative estimate of drug-likeness (QED) is 0.648. The Bertz CT molecular complexity index is 220. The third kappa shape index (κ3) is 1.91. The molecule has 1 aliphatic heterocycles. The Morgan fingerprint density at radius 3 is 2.71 bits per heavy atom. The molecule has 0 spiro atoms. The van der Waals surface area contributed by atoms with E-state index in [9.17, 15) is 4.79 Å². The average molecular weight is 200 g/mol. The Labute approximate surface area is 85.6 Å². The van der Waals surface area contributed by atoms with Crippen LogP contribution in [0.25, 0.3) is 0 Å². The average Bonchev–Trinajstić information content (AvgIpc) is 2.21. The zero-order valence-electron chi connectivity index (χ0n) is 9.46. The first-order valence-electron chi connectivity index (χ1n) is 5.03. The summed E-state index contributed by atoms with van der Waals surface area (Å²) in [7, 11) is 5.36. The zero-order valence-corrected chi connectivity index (χ0v) is 9.46. The highest BCUT2D eigenvalue weighted by Gasteiger charge is 2.42. The summed E-state index contributed by atoms with van der Waals surface area (Å²) in [5.41, 5.74) is -0.472. The van der Waals surface area contributed by atoms with E-state index in [1.165, 1.54) is 7.11 Å². The summed E-state index contributed by atoms with van der Waals surface area (Å²) in [6, 6.07) is 0.412. The SMILES string of the molecule is CNC1(C(=O)OC)CCN(C)C(C)C1. The van der Waals surface area contributed by atoms with Crippen molar-refractivity contribution in [2.75, 3.05) is 27.7 Å². The van der Waals surface area contributed by atoms with Gasteiger partial charge in [-0.3, -0.25) is 4.79 Å². The highest BCUT2D eigenvalue weighted by Crippen LogP contribution is 2.26. The molecule has 2 unspecified atom stereocenters. The van der Waals surface area contributed by atoms with Gasteiger partial charge in [-0.05, 0) is 33.9 Å². The van der Waals surface area contributed by atoms with Gasteiger partial charge in [0.05, 0.1) is 7.11 Å². The number of carbonyl (C=O) groups excluding carboxylic acids is 1. The van der Waals surface area contributed by atoms with E-state index < -0.39 is 5.54 Å². The molecule has 0 aromatic carbocycles. The van der Waals surface area contributed by atoms with Gasteiger partial charge in [0.2, 0.25) is 0 Å². The molecule has 1 heterocycles. The summed E-state index contributed by atoms with van der Waals surface area (Å²) in [5, 5.41) is 3.12. The Balaban J connectivity index is 2.76. The largest absolute Gasteiger partial charge is 0.468 e. The van der Waals surface area contributed by atoms with E-state index in [-0.39, 0.29) is 5.97 Å². The van der Waals surface area contributed by atoms with Gasteiger partial charge in [-0.25, -0.2) is 0 Å². The molecule has 4 nitrogen and oxygen atoms in total. The number of nitrogens with zero attached hydrogens (tertiary/aromatic N) is 1. The standard InChI is InChI=1S/C10H20N2O2/c1-8-7-10(11-2,9(13)14-4)5-6-12(8)3/h8,11H,5-7H2,1-4H3. The number of hydrogen-bond acceptors (Lipinski definition) is 4. The monoisotopic (exact) mass is 200 g/mol. The lowest BCUT2D eigenvalue weighted by Crippen LogP contribution is -2.59. The number of rotatable bonds is 2. The predicted octanol–water partition coefficient (Wildman–Crippen LogP) is 0.232. The lowest BCUT2D eigenvalue weighted by molar-refractivity contribution is -0.151. The van der Waals surface area contributed by atoms with Gasteiger partial charge >= 0.3 is 5.97 Å². The molecule has 0 radical (unpaired) electrons. The Morgan fingerprint density at radius 2 is 2.29 bits per heavy atom. The van der Waals surface area contributed by atoms with Gasteiger partial charge in [0.15, 0.2) is 0 Å². The molecule has 1 N–H and O–H groups in total. The van der Waals surface area contributed by atoms with Crippen LogP contribution in [-0.4, -0.2) is 50.2 Å². The normalized spacial score (nSPS) is 34.1. The summed E-state index contributed by atoms with van der Waals surface area (Å²) < 4.78 is 4.85. The minimum absolute atomic E-state index is 0.139. The molecule has 0 amide bonds. The molecule has 1 rings (SSSR count). The number of piperidine rings is 1. The van der Waals surface area contributed by atoms with Crippen molar-refractivity contribution in [1.29, 1.82) is 0 Å². The predicted molar refractivity (Wildman–Crippen MR) is 55.1 cm³/mol. The number of likely N-dealkylation sites (tertiary alicyclic amines) is 1. The minimum atomic E-state index is -0.472. The lowest BCUT2D eigenvalue weighted by Gasteiger charge is -2.42. The van der Waals surface area contributed by atoms with Gasteiger partial charge < -0.3 is 15.0 Å². The van der Waals surface area contributed by atoms with Gasteiger partial charge in [0.25, 0.3) is 0 Å². The molecule has 0 aromatic heterocycles. The van der Waals surface area contributed by atoms with E-state index in [2.05, 4.69) is 24.2 Å². The lowest BCUT2D eigenvalue weighted by atomic mass is 9.84. The molecule has 4 heteroatoms. The van der Waals surface area contributed by atoms with Gasteiger partial charge in [-0.2, -0.15) is 0 Å². The molecular weight excluding hydrogens is 180 g/mol. The van der Waals surface area contributed by atoms with Crippen molar-refractivity contribution in [3.63, 3.8) is 0 Å². The van der Waals surface area contributed by atoms with Crippen molar-refractivity contribution < 1.29 is 9.53 Å². The fraction of sp³-hybridized carbons (Fsp3) is 0.900. The van der Waals surface area contributed by atoms with Crippen LogP contribution in [0.1, 0.15) is 19.8 Å². The Morgan fingerprint density at radius 1 is 1.64 bits per heavy atom. The highest BCUT2D eigenvalue weighted by molar-refractivity contribution is 5.81. The first-order valence-corrected chi connectivity index (χ1v) is 5.03. The molecule has 82 valence electrons. The summed E-state index contributed by atoms with van der Waals surface area (Å²) >= 11 is 0. The molecular formula is C10H20N2O2. The second kappa shape index (κ2) is 4.28. The second-order valence-corrected chi connectivity index (χ2v) is 4.11. The molecule has 1 fully saturated rings. The van der Waals surface area contributed by atoms with Crippen molar-refractivity contribution >= 4 is 5.97 Å². The Kier molecular flexibility index (Phi) is 3.50. The first-order chi connectivity index (χ1) is 6.55. The molecule has 2 atom stereocenters. The first kappa shape index (κ1) is 11.5. The van der Waals surface area contributed by atoms with Crippen LogP contribution in [0.15, 0.2) is 0 Å². The number of esters is 1. The molecule has 0 aliphatic carbocycles. The smallest absolute Gasteiger partial charge is 0.326 e. The number of methoxy groups -OCH3 is 1. The fourth-order valence-corrected chi connectivity index (χ4v) is 2.06. The van der Waals surface area contributed by atoms with Crippen molar-refractivity contribution in [1.82, 2.24) is 10.2 Å². The summed E-state index contributed by atoms with van der Waals surface area (Å²) in [6.07, 6.45) is 1.63. The summed E-state index contributed by atoms with van der Waals surface area (Å²) in [5.74, 6) is -0.139.